The predicted octanol–water partition coefficient (Wildman–Crippen LogP) is 3.60. The van der Waals surface area contributed by atoms with Gasteiger partial charge in [0.15, 0.2) is 0 Å². The summed E-state index contributed by atoms with van der Waals surface area (Å²) in [5.41, 5.74) is 2.71. The number of hydrogen-bond acceptors (Lipinski definition) is 3. The summed E-state index contributed by atoms with van der Waals surface area (Å²) < 4.78 is 7.55. The minimum atomic E-state index is -0.782. The Hall–Kier alpha value is -2.07. The molecular weight excluding hydrogens is 252 g/mol. The first-order valence-corrected chi connectivity index (χ1v) is 6.77. The van der Waals surface area contributed by atoms with Crippen LogP contribution in [0.4, 0.5) is 0 Å². The lowest BCUT2D eigenvalue weighted by atomic mass is 10.1. The van der Waals surface area contributed by atoms with E-state index in [1.807, 2.05) is 55.9 Å². The largest absolute Gasteiger partial charge is 0.458 e. The number of rotatable bonds is 3. The lowest BCUT2D eigenvalue weighted by Crippen LogP contribution is -2.01. The Bertz CT molecular complexity index is 740. The summed E-state index contributed by atoms with van der Waals surface area (Å²) >= 11 is 0. The van der Waals surface area contributed by atoms with E-state index in [1.165, 1.54) is 5.56 Å². The van der Waals surface area contributed by atoms with Crippen molar-refractivity contribution in [3.63, 3.8) is 0 Å². The number of furan rings is 1. The van der Waals surface area contributed by atoms with E-state index in [0.717, 1.165) is 16.5 Å². The Kier molecular flexibility index (Phi) is 3.10. The van der Waals surface area contributed by atoms with Gasteiger partial charge in [0.05, 0.1) is 6.20 Å². The maximum absolute atomic E-state index is 10.4. The van der Waals surface area contributed by atoms with Gasteiger partial charge in [-0.15, -0.1) is 0 Å². The molecule has 0 aliphatic rings. The maximum Gasteiger partial charge on any atom is 0.140 e. The van der Waals surface area contributed by atoms with Gasteiger partial charge in [0, 0.05) is 23.2 Å². The molecule has 3 aromatic rings. The lowest BCUT2D eigenvalue weighted by molar-refractivity contribution is 0.192. The van der Waals surface area contributed by atoms with Crippen LogP contribution in [0, 0.1) is 6.92 Å². The van der Waals surface area contributed by atoms with E-state index in [2.05, 4.69) is 5.10 Å². The first-order valence-electron chi connectivity index (χ1n) is 6.77. The number of aryl methyl sites for hydroxylation is 1. The van der Waals surface area contributed by atoms with Crippen LogP contribution in [-0.2, 0) is 0 Å². The van der Waals surface area contributed by atoms with Crippen molar-refractivity contribution in [1.29, 1.82) is 0 Å². The summed E-state index contributed by atoms with van der Waals surface area (Å²) in [6.45, 7) is 6.13. The van der Waals surface area contributed by atoms with E-state index in [0.29, 0.717) is 5.76 Å². The molecule has 4 heteroatoms. The maximum atomic E-state index is 10.4. The average Bonchev–Trinajstić information content (AvgIpc) is 3.03. The summed E-state index contributed by atoms with van der Waals surface area (Å²) in [6, 6.07) is 8.14. The molecule has 104 valence electrons. The molecule has 3 rings (SSSR count). The number of aromatic nitrogens is 2. The van der Waals surface area contributed by atoms with Gasteiger partial charge in [-0.1, -0.05) is 11.6 Å². The average molecular weight is 270 g/mol. The molecule has 20 heavy (non-hydrogen) atoms. The zero-order valence-electron chi connectivity index (χ0n) is 11.9. The van der Waals surface area contributed by atoms with Crippen LogP contribution < -0.4 is 0 Å². The third kappa shape index (κ3) is 2.23. The summed E-state index contributed by atoms with van der Waals surface area (Å²) in [6.07, 6.45) is 2.76. The lowest BCUT2D eigenvalue weighted by Gasteiger charge is -2.05. The molecule has 0 saturated heterocycles. The van der Waals surface area contributed by atoms with Gasteiger partial charge in [-0.2, -0.15) is 5.10 Å². The van der Waals surface area contributed by atoms with Gasteiger partial charge >= 0.3 is 0 Å². The smallest absolute Gasteiger partial charge is 0.140 e. The molecule has 1 unspecified atom stereocenters. The van der Waals surface area contributed by atoms with E-state index in [9.17, 15) is 5.11 Å². The zero-order chi connectivity index (χ0) is 14.3. The Labute approximate surface area is 117 Å². The van der Waals surface area contributed by atoms with Crippen LogP contribution in [0.15, 0.2) is 41.1 Å². The summed E-state index contributed by atoms with van der Waals surface area (Å²) in [4.78, 5) is 0. The number of benzene rings is 1. The summed E-state index contributed by atoms with van der Waals surface area (Å²) in [5, 5.41) is 15.7. The fourth-order valence-electron chi connectivity index (χ4n) is 2.26. The van der Waals surface area contributed by atoms with Crippen molar-refractivity contribution >= 4 is 11.0 Å². The van der Waals surface area contributed by atoms with Gasteiger partial charge < -0.3 is 9.52 Å². The quantitative estimate of drug-likeness (QED) is 0.791. The highest BCUT2D eigenvalue weighted by Gasteiger charge is 2.18. The van der Waals surface area contributed by atoms with Crippen LogP contribution in [0.3, 0.4) is 0 Å². The van der Waals surface area contributed by atoms with Crippen LogP contribution in [0.25, 0.3) is 11.0 Å². The van der Waals surface area contributed by atoms with Crippen molar-refractivity contribution in [1.82, 2.24) is 9.78 Å². The highest BCUT2D eigenvalue weighted by atomic mass is 16.4. The zero-order valence-corrected chi connectivity index (χ0v) is 11.9. The van der Waals surface area contributed by atoms with Crippen molar-refractivity contribution < 1.29 is 9.52 Å². The van der Waals surface area contributed by atoms with E-state index >= 15 is 0 Å². The van der Waals surface area contributed by atoms with Crippen molar-refractivity contribution in [3.05, 3.63) is 53.5 Å². The van der Waals surface area contributed by atoms with Crippen molar-refractivity contribution in [2.24, 2.45) is 0 Å². The predicted molar refractivity (Wildman–Crippen MR) is 77.6 cm³/mol. The van der Waals surface area contributed by atoms with Gasteiger partial charge in [-0.05, 0) is 39.0 Å². The molecule has 2 heterocycles. The Morgan fingerprint density at radius 2 is 2.05 bits per heavy atom. The molecule has 0 amide bonds. The molecule has 0 fully saturated rings. The highest BCUT2D eigenvalue weighted by molar-refractivity contribution is 5.78. The fraction of sp³-hybridized carbons (Fsp3) is 0.312. The third-order valence-electron chi connectivity index (χ3n) is 3.43. The van der Waals surface area contributed by atoms with E-state index in [4.69, 9.17) is 4.42 Å². The van der Waals surface area contributed by atoms with E-state index in [-0.39, 0.29) is 6.04 Å². The van der Waals surface area contributed by atoms with Crippen LogP contribution in [0.1, 0.15) is 42.9 Å². The van der Waals surface area contributed by atoms with Crippen LogP contribution in [-0.4, -0.2) is 14.9 Å². The highest BCUT2D eigenvalue weighted by Crippen LogP contribution is 2.28. The molecular formula is C16H18N2O2. The summed E-state index contributed by atoms with van der Waals surface area (Å²) in [5.74, 6) is 0.550. The molecule has 0 aliphatic carbocycles. The minimum Gasteiger partial charge on any atom is -0.458 e. The van der Waals surface area contributed by atoms with E-state index in [1.54, 1.807) is 6.20 Å². The van der Waals surface area contributed by atoms with E-state index < -0.39 is 6.10 Å². The van der Waals surface area contributed by atoms with Gasteiger partial charge in [-0.25, -0.2) is 0 Å². The van der Waals surface area contributed by atoms with Crippen LogP contribution >= 0.6 is 0 Å². The number of aliphatic hydroxyl groups excluding tert-OH is 1. The SMILES string of the molecule is Cc1ccc2oc(C(O)c3cnn(C(C)C)c3)cc2c1. The monoisotopic (exact) mass is 270 g/mol. The molecule has 0 radical (unpaired) electrons. The number of hydrogen-bond donors (Lipinski definition) is 1. The first kappa shape index (κ1) is 12.9. The normalized spacial score (nSPS) is 13.2. The minimum absolute atomic E-state index is 0.272. The number of fused-ring (bicyclic) bond motifs is 1. The first-order chi connectivity index (χ1) is 9.54. The molecule has 0 spiro atoms. The molecule has 2 aromatic heterocycles. The second kappa shape index (κ2) is 4.80. The molecule has 1 atom stereocenters. The standard InChI is InChI=1S/C16H18N2O2/c1-10(2)18-9-13(8-17-18)16(19)15-7-12-6-11(3)4-5-14(12)20-15/h4-10,16,19H,1-3H3. The topological polar surface area (TPSA) is 51.2 Å². The second-order valence-electron chi connectivity index (χ2n) is 5.44. The molecule has 0 aliphatic heterocycles. The van der Waals surface area contributed by atoms with Crippen LogP contribution in [0.5, 0.6) is 0 Å². The molecule has 1 N–H and O–H groups in total. The Morgan fingerprint density at radius 1 is 1.25 bits per heavy atom. The number of aliphatic hydroxyl groups is 1. The summed E-state index contributed by atoms with van der Waals surface area (Å²) in [7, 11) is 0. The van der Waals surface area contributed by atoms with Crippen molar-refractivity contribution in [2.45, 2.75) is 32.9 Å². The van der Waals surface area contributed by atoms with Crippen molar-refractivity contribution in [2.75, 3.05) is 0 Å². The molecule has 0 bridgehead atoms. The van der Waals surface area contributed by atoms with Gasteiger partial charge in [0.1, 0.15) is 17.4 Å². The van der Waals surface area contributed by atoms with Crippen LogP contribution in [0.2, 0.25) is 0 Å². The number of nitrogens with zero attached hydrogens (tertiary/aromatic N) is 2. The Balaban J connectivity index is 1.96. The molecule has 0 saturated carbocycles. The second-order valence-corrected chi connectivity index (χ2v) is 5.44. The van der Waals surface area contributed by atoms with Gasteiger partial charge in [0.2, 0.25) is 0 Å². The third-order valence-corrected chi connectivity index (χ3v) is 3.43. The van der Waals surface area contributed by atoms with Gasteiger partial charge in [-0.3, -0.25) is 4.68 Å². The Morgan fingerprint density at radius 3 is 2.75 bits per heavy atom. The molecule has 4 nitrogen and oxygen atoms in total. The van der Waals surface area contributed by atoms with Gasteiger partial charge in [0.25, 0.3) is 0 Å². The fourth-order valence-corrected chi connectivity index (χ4v) is 2.26. The molecule has 1 aromatic carbocycles. The van der Waals surface area contributed by atoms with Crippen molar-refractivity contribution in [3.8, 4) is 0 Å².